The van der Waals surface area contributed by atoms with E-state index < -0.39 is 23.5 Å². The first-order valence-corrected chi connectivity index (χ1v) is 10.8. The van der Waals surface area contributed by atoms with E-state index in [0.717, 1.165) is 29.1 Å². The number of nitrogens with zero attached hydrogens (tertiary/aromatic N) is 2. The number of benzene rings is 2. The summed E-state index contributed by atoms with van der Waals surface area (Å²) in [5, 5.41) is 11.2. The summed E-state index contributed by atoms with van der Waals surface area (Å²) in [4.78, 5) is 34.8. The van der Waals surface area contributed by atoms with E-state index in [1.54, 1.807) is 30.3 Å². The van der Waals surface area contributed by atoms with Gasteiger partial charge in [0, 0.05) is 5.56 Å². The Morgan fingerprint density at radius 3 is 2.88 bits per heavy atom. The van der Waals surface area contributed by atoms with Crippen molar-refractivity contribution in [1.82, 2.24) is 9.97 Å². The highest BCUT2D eigenvalue weighted by molar-refractivity contribution is 6.51. The predicted molar refractivity (Wildman–Crippen MR) is 120 cm³/mol. The van der Waals surface area contributed by atoms with E-state index in [2.05, 4.69) is 9.97 Å². The Morgan fingerprint density at radius 1 is 1.18 bits per heavy atom. The number of amides is 1. The molecule has 34 heavy (non-hydrogen) atoms. The summed E-state index contributed by atoms with van der Waals surface area (Å²) in [6.07, 6.45) is 3.04. The van der Waals surface area contributed by atoms with Crippen LogP contribution in [-0.2, 0) is 16.0 Å². The molecule has 2 aliphatic heterocycles. The smallest absolute Gasteiger partial charge is 0.302 e. The van der Waals surface area contributed by atoms with Gasteiger partial charge in [-0.15, -0.1) is 0 Å². The van der Waals surface area contributed by atoms with Crippen molar-refractivity contribution in [1.29, 1.82) is 0 Å². The second-order valence-corrected chi connectivity index (χ2v) is 8.18. The lowest BCUT2D eigenvalue weighted by Crippen LogP contribution is -2.30. The maximum atomic E-state index is 13.7. The number of ether oxygens (including phenoxy) is 1. The minimum Gasteiger partial charge on any atom is -0.507 e. The van der Waals surface area contributed by atoms with E-state index in [-0.39, 0.29) is 23.0 Å². The molecule has 0 bridgehead atoms. The van der Waals surface area contributed by atoms with Crippen molar-refractivity contribution in [3.63, 3.8) is 0 Å². The molecular weight excluding hydrogens is 441 g/mol. The van der Waals surface area contributed by atoms with Gasteiger partial charge in [-0.25, -0.2) is 9.37 Å². The quantitative estimate of drug-likeness (QED) is 0.269. The molecule has 2 aliphatic rings. The Balaban J connectivity index is 1.52. The Hall–Kier alpha value is -4.40. The fourth-order valence-electron chi connectivity index (χ4n) is 4.51. The predicted octanol–water partition coefficient (Wildman–Crippen LogP) is 4.25. The Morgan fingerprint density at radius 2 is 2.06 bits per heavy atom. The normalized spacial score (nSPS) is 19.4. The number of aromatic nitrogens is 2. The molecule has 2 aromatic carbocycles. The lowest BCUT2D eigenvalue weighted by atomic mass is 9.96. The van der Waals surface area contributed by atoms with E-state index in [4.69, 9.17) is 9.15 Å². The molecule has 1 amide bonds. The minimum absolute atomic E-state index is 0.0435. The summed E-state index contributed by atoms with van der Waals surface area (Å²) in [5.74, 6) is -1.50. The van der Waals surface area contributed by atoms with Crippen LogP contribution in [-0.4, -0.2) is 33.4 Å². The van der Waals surface area contributed by atoms with Crippen molar-refractivity contribution in [3.05, 3.63) is 83.1 Å². The fraction of sp³-hybridized carbons (Fsp3) is 0.160. The molecule has 0 radical (unpaired) electrons. The number of anilines is 1. The average molecular weight is 459 g/mol. The first kappa shape index (κ1) is 20.2. The molecule has 4 aromatic rings. The molecule has 1 unspecified atom stereocenters. The van der Waals surface area contributed by atoms with Crippen LogP contribution in [0.25, 0.3) is 16.8 Å². The lowest BCUT2D eigenvalue weighted by molar-refractivity contribution is -0.132. The van der Waals surface area contributed by atoms with E-state index in [1.165, 1.54) is 24.5 Å². The van der Waals surface area contributed by atoms with Crippen LogP contribution in [0.2, 0.25) is 0 Å². The number of hydrogen-bond acceptors (Lipinski definition) is 6. The van der Waals surface area contributed by atoms with Gasteiger partial charge in [-0.2, -0.15) is 0 Å². The molecule has 0 spiro atoms. The number of H-pyrrole nitrogens is 1. The number of nitrogens with one attached hydrogen (secondary N) is 1. The Kier molecular flexibility index (Phi) is 4.51. The second kappa shape index (κ2) is 7.58. The van der Waals surface area contributed by atoms with E-state index >= 15 is 0 Å². The number of furan rings is 1. The van der Waals surface area contributed by atoms with Crippen molar-refractivity contribution in [2.75, 3.05) is 11.5 Å². The van der Waals surface area contributed by atoms with Gasteiger partial charge in [-0.05, 0) is 66.9 Å². The largest absolute Gasteiger partial charge is 0.507 e. The fourth-order valence-corrected chi connectivity index (χ4v) is 4.51. The van der Waals surface area contributed by atoms with E-state index in [0.29, 0.717) is 23.2 Å². The van der Waals surface area contributed by atoms with Gasteiger partial charge < -0.3 is 19.2 Å². The van der Waals surface area contributed by atoms with Crippen molar-refractivity contribution in [2.24, 2.45) is 0 Å². The number of halogens is 1. The molecule has 1 fully saturated rings. The summed E-state index contributed by atoms with van der Waals surface area (Å²) in [7, 11) is 0. The van der Waals surface area contributed by atoms with Gasteiger partial charge >= 0.3 is 5.91 Å². The van der Waals surface area contributed by atoms with Crippen LogP contribution in [0.5, 0.6) is 5.75 Å². The van der Waals surface area contributed by atoms with Crippen LogP contribution in [0, 0.1) is 5.82 Å². The molecule has 0 saturated carbocycles. The average Bonchev–Trinajstić information content (AvgIpc) is 3.57. The molecule has 1 atom stereocenters. The molecule has 1 saturated heterocycles. The minimum atomic E-state index is -1.06. The van der Waals surface area contributed by atoms with Gasteiger partial charge in [0.05, 0.1) is 29.5 Å². The van der Waals surface area contributed by atoms with Crippen molar-refractivity contribution in [2.45, 2.75) is 18.9 Å². The first-order chi connectivity index (χ1) is 16.5. The van der Waals surface area contributed by atoms with Gasteiger partial charge in [0.2, 0.25) is 5.95 Å². The van der Waals surface area contributed by atoms with E-state index in [9.17, 15) is 19.1 Å². The van der Waals surface area contributed by atoms with Crippen molar-refractivity contribution in [3.8, 4) is 5.75 Å². The van der Waals surface area contributed by atoms with Gasteiger partial charge in [0.15, 0.2) is 0 Å². The van der Waals surface area contributed by atoms with E-state index in [1.807, 2.05) is 0 Å². The summed E-state index contributed by atoms with van der Waals surface area (Å²) in [5.41, 5.74) is 1.98. The van der Waals surface area contributed by atoms with Gasteiger partial charge in [0.25, 0.3) is 5.78 Å². The SMILES string of the molecule is O=C1C(=O)N(c2nc3ccc(F)cc3[nH]2)C(c2ccco2)/C1=C(\O)c1ccc2c(c1)CCCO2. The molecule has 6 rings (SSSR count). The summed E-state index contributed by atoms with van der Waals surface area (Å²) in [6, 6.07) is 11.3. The van der Waals surface area contributed by atoms with Crippen LogP contribution in [0.4, 0.5) is 10.3 Å². The molecule has 9 heteroatoms. The van der Waals surface area contributed by atoms with Crippen LogP contribution >= 0.6 is 0 Å². The maximum Gasteiger partial charge on any atom is 0.302 e. The van der Waals surface area contributed by atoms with Crippen LogP contribution in [0.1, 0.15) is 29.3 Å². The number of carbonyl (C=O) groups is 2. The molecule has 8 nitrogen and oxygen atoms in total. The zero-order valence-electron chi connectivity index (χ0n) is 17.7. The third kappa shape index (κ3) is 3.08. The third-order valence-electron chi connectivity index (χ3n) is 6.10. The highest BCUT2D eigenvalue weighted by atomic mass is 19.1. The third-order valence-corrected chi connectivity index (χ3v) is 6.10. The Labute approximate surface area is 192 Å². The van der Waals surface area contributed by atoms with Crippen LogP contribution < -0.4 is 9.64 Å². The number of hydrogen-bond donors (Lipinski definition) is 2. The number of rotatable bonds is 3. The number of aliphatic hydroxyl groups excluding tert-OH is 1. The van der Waals surface area contributed by atoms with Crippen LogP contribution in [0.3, 0.4) is 0 Å². The molecule has 0 aliphatic carbocycles. The highest BCUT2D eigenvalue weighted by Crippen LogP contribution is 2.42. The Bertz CT molecular complexity index is 1490. The number of fused-ring (bicyclic) bond motifs is 2. The van der Waals surface area contributed by atoms with Gasteiger partial charge in [-0.3, -0.25) is 14.5 Å². The number of aromatic amines is 1. The molecule has 2 aromatic heterocycles. The maximum absolute atomic E-state index is 13.7. The number of ketones is 1. The van der Waals surface area contributed by atoms with Crippen molar-refractivity contribution >= 4 is 34.4 Å². The standard InChI is InChI=1S/C25H18FN3O5/c26-15-6-7-16-17(12-15)28-25(27-16)29-21(19-4-2-10-34-19)20(23(31)24(29)32)22(30)14-5-8-18-13(11-14)3-1-9-33-18/h2,4-8,10-12,21,30H,1,3,9H2,(H,27,28)/b22-20+. The lowest BCUT2D eigenvalue weighted by Gasteiger charge is -2.21. The van der Waals surface area contributed by atoms with Crippen LogP contribution in [0.15, 0.2) is 64.8 Å². The zero-order chi connectivity index (χ0) is 23.4. The van der Waals surface area contributed by atoms with Crippen molar-refractivity contribution < 1.29 is 28.2 Å². The first-order valence-electron chi connectivity index (χ1n) is 10.8. The zero-order valence-corrected chi connectivity index (χ0v) is 17.7. The number of imidazole rings is 1. The monoisotopic (exact) mass is 459 g/mol. The molecule has 2 N–H and O–H groups in total. The summed E-state index contributed by atoms with van der Waals surface area (Å²) < 4.78 is 24.9. The second-order valence-electron chi connectivity index (χ2n) is 8.18. The number of aryl methyl sites for hydroxylation is 1. The number of carbonyl (C=O) groups excluding carboxylic acids is 2. The highest BCUT2D eigenvalue weighted by Gasteiger charge is 2.49. The van der Waals surface area contributed by atoms with Gasteiger partial charge in [-0.1, -0.05) is 0 Å². The summed E-state index contributed by atoms with van der Waals surface area (Å²) in [6.45, 7) is 0.628. The molecular formula is C25H18FN3O5. The summed E-state index contributed by atoms with van der Waals surface area (Å²) >= 11 is 0. The molecule has 170 valence electrons. The topological polar surface area (TPSA) is 109 Å². The number of Topliss-reactive ketones (excluding diaryl/α,β-unsaturated/α-hetero) is 1. The molecule has 4 heterocycles. The van der Waals surface area contributed by atoms with Gasteiger partial charge in [0.1, 0.15) is 29.1 Å². The number of aliphatic hydroxyl groups is 1.